The Morgan fingerprint density at radius 2 is 1.81 bits per heavy atom. The van der Waals surface area contributed by atoms with Gasteiger partial charge in [-0.05, 0) is 41.8 Å². The Labute approximate surface area is 184 Å². The summed E-state index contributed by atoms with van der Waals surface area (Å²) in [5, 5.41) is 40.4. The number of carbonyl (C=O) groups is 2. The average molecular weight is 440 g/mol. The van der Waals surface area contributed by atoms with E-state index in [2.05, 4.69) is 6.58 Å². The Morgan fingerprint density at radius 3 is 2.41 bits per heavy atom. The maximum Gasteiger partial charge on any atom is 0.375 e. The molecule has 1 heterocycles. The van der Waals surface area contributed by atoms with Gasteiger partial charge in [-0.25, -0.2) is 9.59 Å². The molecule has 0 unspecified atom stereocenters. The van der Waals surface area contributed by atoms with Crippen molar-refractivity contribution in [1.29, 1.82) is 0 Å². The molecule has 2 atom stereocenters. The van der Waals surface area contributed by atoms with Crippen LogP contribution < -0.4 is 0 Å². The summed E-state index contributed by atoms with van der Waals surface area (Å²) in [7, 11) is 1.13. The Bertz CT molecular complexity index is 1100. The largest absolute Gasteiger partial charge is 0.508 e. The number of methoxy groups -OCH3 is 1. The molecule has 168 valence electrons. The summed E-state index contributed by atoms with van der Waals surface area (Å²) in [6.45, 7) is 5.36. The predicted octanol–water partition coefficient (Wildman–Crippen LogP) is 2.56. The Kier molecular flexibility index (Phi) is 6.27. The lowest BCUT2D eigenvalue weighted by molar-refractivity contribution is -0.169. The summed E-state index contributed by atoms with van der Waals surface area (Å²) < 4.78 is 10.3. The summed E-state index contributed by atoms with van der Waals surface area (Å²) in [6, 6.07) is 10.1. The fourth-order valence-electron chi connectivity index (χ4n) is 3.64. The van der Waals surface area contributed by atoms with Crippen LogP contribution >= 0.6 is 0 Å². The van der Waals surface area contributed by atoms with Gasteiger partial charge in [-0.2, -0.15) is 0 Å². The number of phenols is 2. The number of benzene rings is 2. The third kappa shape index (κ3) is 4.17. The number of cyclic esters (lactones) is 1. The zero-order chi connectivity index (χ0) is 23.6. The van der Waals surface area contributed by atoms with Gasteiger partial charge in [0.25, 0.3) is 0 Å². The molecule has 8 nitrogen and oxygen atoms in total. The van der Waals surface area contributed by atoms with Crippen molar-refractivity contribution in [3.05, 3.63) is 77.1 Å². The van der Waals surface area contributed by atoms with Crippen molar-refractivity contribution in [2.45, 2.75) is 31.5 Å². The fraction of sp³-hybridized carbons (Fsp3) is 0.250. The minimum absolute atomic E-state index is 0.0398. The van der Waals surface area contributed by atoms with Crippen LogP contribution in [0.25, 0.3) is 5.57 Å². The van der Waals surface area contributed by atoms with Crippen LogP contribution in [0.2, 0.25) is 0 Å². The molecule has 0 amide bonds. The molecular formula is C24H24O8. The first kappa shape index (κ1) is 22.9. The average Bonchev–Trinajstić information content (AvgIpc) is 3.01. The van der Waals surface area contributed by atoms with Gasteiger partial charge < -0.3 is 29.9 Å². The lowest BCUT2D eigenvalue weighted by Crippen LogP contribution is -2.44. The van der Waals surface area contributed by atoms with Crippen molar-refractivity contribution in [1.82, 2.24) is 0 Å². The summed E-state index contributed by atoms with van der Waals surface area (Å²) in [6.07, 6.45) is -1.000. The summed E-state index contributed by atoms with van der Waals surface area (Å²) in [4.78, 5) is 25.2. The van der Waals surface area contributed by atoms with Crippen LogP contribution in [0.4, 0.5) is 0 Å². The zero-order valence-corrected chi connectivity index (χ0v) is 17.7. The normalized spacial score (nSPS) is 18.9. The van der Waals surface area contributed by atoms with E-state index in [-0.39, 0.29) is 35.5 Å². The predicted molar refractivity (Wildman–Crippen MR) is 115 cm³/mol. The van der Waals surface area contributed by atoms with E-state index in [1.165, 1.54) is 36.4 Å². The lowest BCUT2D eigenvalue weighted by Gasteiger charge is -2.28. The molecule has 0 radical (unpaired) electrons. The molecule has 0 saturated carbocycles. The maximum absolute atomic E-state index is 12.9. The zero-order valence-electron chi connectivity index (χ0n) is 17.7. The number of carbonyl (C=O) groups excluding carboxylic acids is 2. The highest BCUT2D eigenvalue weighted by Crippen LogP contribution is 2.43. The third-order valence-corrected chi connectivity index (χ3v) is 5.35. The van der Waals surface area contributed by atoms with Crippen LogP contribution in [0.3, 0.4) is 0 Å². The van der Waals surface area contributed by atoms with Crippen molar-refractivity contribution < 1.29 is 39.5 Å². The monoisotopic (exact) mass is 440 g/mol. The van der Waals surface area contributed by atoms with Gasteiger partial charge in [0, 0.05) is 12.8 Å². The van der Waals surface area contributed by atoms with Gasteiger partial charge in [0.1, 0.15) is 11.5 Å². The van der Waals surface area contributed by atoms with E-state index in [9.17, 15) is 30.0 Å². The molecule has 0 spiro atoms. The SMILES string of the molecule is C=C(C)[C@@H](O)Cc1cc(C[C@@]2(C(=O)OC)OC(=O)C(O)=C2c2ccc(O)cc2)ccc1O. The van der Waals surface area contributed by atoms with E-state index in [0.717, 1.165) is 7.11 Å². The minimum Gasteiger partial charge on any atom is -0.508 e. The number of hydrogen-bond donors (Lipinski definition) is 4. The van der Waals surface area contributed by atoms with E-state index in [1.807, 2.05) is 0 Å². The number of aromatic hydroxyl groups is 2. The molecular weight excluding hydrogens is 416 g/mol. The van der Waals surface area contributed by atoms with Crippen LogP contribution in [0.15, 0.2) is 60.4 Å². The second-order valence-corrected chi connectivity index (χ2v) is 7.68. The standard InChI is InChI=1S/C24H24O8/c1-13(2)19(27)11-16-10-14(4-9-18(16)26)12-24(23(30)31-3)20(21(28)22(29)32-24)15-5-7-17(25)8-6-15/h4-10,19,25-28H,1,11-12H2,2-3H3/t19-,24+/m0/s1. The molecule has 0 aromatic heterocycles. The van der Waals surface area contributed by atoms with Gasteiger partial charge in [0.05, 0.1) is 18.8 Å². The van der Waals surface area contributed by atoms with Gasteiger partial charge in [-0.1, -0.05) is 36.4 Å². The summed E-state index contributed by atoms with van der Waals surface area (Å²) in [5.74, 6) is -2.83. The maximum atomic E-state index is 12.9. The summed E-state index contributed by atoms with van der Waals surface area (Å²) >= 11 is 0. The lowest BCUT2D eigenvalue weighted by atomic mass is 9.82. The van der Waals surface area contributed by atoms with Crippen molar-refractivity contribution in [3.63, 3.8) is 0 Å². The van der Waals surface area contributed by atoms with Gasteiger partial charge in [-0.15, -0.1) is 0 Å². The van der Waals surface area contributed by atoms with Crippen LogP contribution in [0.5, 0.6) is 11.5 Å². The molecule has 1 aliphatic heterocycles. The molecule has 0 bridgehead atoms. The van der Waals surface area contributed by atoms with Crippen LogP contribution in [0.1, 0.15) is 23.6 Å². The van der Waals surface area contributed by atoms with E-state index in [4.69, 9.17) is 9.47 Å². The quantitative estimate of drug-likeness (QED) is 0.381. The highest BCUT2D eigenvalue weighted by atomic mass is 16.6. The summed E-state index contributed by atoms with van der Waals surface area (Å²) in [5.41, 5.74) is -0.390. The molecule has 1 aliphatic rings. The van der Waals surface area contributed by atoms with Crippen molar-refractivity contribution in [2.24, 2.45) is 0 Å². The van der Waals surface area contributed by atoms with Crippen molar-refractivity contribution in [2.75, 3.05) is 7.11 Å². The molecule has 0 aliphatic carbocycles. The number of aliphatic hydroxyl groups excluding tert-OH is 2. The van der Waals surface area contributed by atoms with Crippen molar-refractivity contribution >= 4 is 17.5 Å². The fourth-order valence-corrected chi connectivity index (χ4v) is 3.64. The number of ether oxygens (including phenoxy) is 2. The number of esters is 2. The van der Waals surface area contributed by atoms with Crippen LogP contribution in [-0.2, 0) is 31.9 Å². The molecule has 32 heavy (non-hydrogen) atoms. The molecule has 3 rings (SSSR count). The second kappa shape index (κ2) is 8.76. The van der Waals surface area contributed by atoms with Gasteiger partial charge in [0.2, 0.25) is 11.4 Å². The number of rotatable bonds is 7. The first-order chi connectivity index (χ1) is 15.1. The number of hydrogen-bond acceptors (Lipinski definition) is 8. The first-order valence-electron chi connectivity index (χ1n) is 9.78. The molecule has 8 heteroatoms. The topological polar surface area (TPSA) is 134 Å². The molecule has 4 N–H and O–H groups in total. The van der Waals surface area contributed by atoms with Gasteiger partial charge >= 0.3 is 11.9 Å². The molecule has 2 aromatic carbocycles. The minimum atomic E-state index is -1.99. The third-order valence-electron chi connectivity index (χ3n) is 5.35. The van der Waals surface area contributed by atoms with Crippen molar-refractivity contribution in [3.8, 4) is 11.5 Å². The number of aliphatic hydroxyl groups is 2. The highest BCUT2D eigenvalue weighted by molar-refractivity contribution is 6.11. The van der Waals surface area contributed by atoms with Gasteiger partial charge in [0.15, 0.2) is 0 Å². The molecule has 0 saturated heterocycles. The van der Waals surface area contributed by atoms with E-state index in [1.54, 1.807) is 13.0 Å². The Hall–Kier alpha value is -3.78. The first-order valence-corrected chi connectivity index (χ1v) is 9.78. The molecule has 2 aromatic rings. The number of phenolic OH excluding ortho intramolecular Hbond substituents is 2. The smallest absolute Gasteiger partial charge is 0.375 e. The van der Waals surface area contributed by atoms with Crippen LogP contribution in [0, 0.1) is 0 Å². The van der Waals surface area contributed by atoms with Crippen LogP contribution in [-0.4, -0.2) is 51.2 Å². The van der Waals surface area contributed by atoms with E-state index >= 15 is 0 Å². The Balaban J connectivity index is 2.09. The highest BCUT2D eigenvalue weighted by Gasteiger charge is 2.55. The van der Waals surface area contributed by atoms with E-state index in [0.29, 0.717) is 16.7 Å². The van der Waals surface area contributed by atoms with Gasteiger partial charge in [-0.3, -0.25) is 0 Å². The second-order valence-electron chi connectivity index (χ2n) is 7.68. The Morgan fingerprint density at radius 1 is 1.16 bits per heavy atom. The van der Waals surface area contributed by atoms with E-state index < -0.39 is 29.4 Å². The molecule has 0 fully saturated rings.